The van der Waals surface area contributed by atoms with Crippen molar-refractivity contribution in [3.8, 4) is 0 Å². The van der Waals surface area contributed by atoms with Gasteiger partial charge in [-0.2, -0.15) is 5.10 Å². The largest absolute Gasteiger partial charge is 0.335 e. The average Bonchev–Trinajstić information content (AvgIpc) is 3.32. The summed E-state index contributed by atoms with van der Waals surface area (Å²) >= 11 is 1.68. The van der Waals surface area contributed by atoms with Gasteiger partial charge in [0.05, 0.1) is 16.4 Å². The second kappa shape index (κ2) is 6.56. The number of anilines is 1. The van der Waals surface area contributed by atoms with Crippen molar-refractivity contribution in [1.82, 2.24) is 14.3 Å². The van der Waals surface area contributed by atoms with Gasteiger partial charge < -0.3 is 9.47 Å². The number of nitrogens with zero attached hydrogens (tertiary/aromatic N) is 4. The summed E-state index contributed by atoms with van der Waals surface area (Å²) in [6.45, 7) is 6.77. The Balaban J connectivity index is 1.57. The van der Waals surface area contributed by atoms with Crippen LogP contribution in [0, 0.1) is 6.92 Å². The molecule has 0 aliphatic carbocycles. The zero-order valence-corrected chi connectivity index (χ0v) is 17.5. The first-order valence-corrected chi connectivity index (χ1v) is 10.7. The zero-order chi connectivity index (χ0) is 20.3. The molecule has 0 fully saturated rings. The van der Waals surface area contributed by atoms with Gasteiger partial charge in [-0.3, -0.25) is 9.59 Å². The SMILES string of the molecule is CCn1c2cc(C)sc2c2cnn(CC(=O)N3c4ccccc4C[C@@H]3C)c(=O)c21. The molecule has 0 radical (unpaired) electrons. The van der Waals surface area contributed by atoms with Crippen LogP contribution in [-0.2, 0) is 24.3 Å². The number of fused-ring (bicyclic) bond motifs is 4. The van der Waals surface area contributed by atoms with Crippen LogP contribution in [0.2, 0.25) is 0 Å². The molecule has 3 aromatic heterocycles. The first-order chi connectivity index (χ1) is 14.0. The Hall–Kier alpha value is -2.93. The molecule has 0 spiro atoms. The lowest BCUT2D eigenvalue weighted by Crippen LogP contribution is -2.40. The molecule has 0 saturated carbocycles. The van der Waals surface area contributed by atoms with E-state index in [9.17, 15) is 9.59 Å². The lowest BCUT2D eigenvalue weighted by molar-refractivity contribution is -0.119. The van der Waals surface area contributed by atoms with Gasteiger partial charge in [0.25, 0.3) is 5.56 Å². The molecule has 6 nitrogen and oxygen atoms in total. The molecule has 1 aliphatic heterocycles. The molecule has 4 aromatic rings. The summed E-state index contributed by atoms with van der Waals surface area (Å²) in [6.07, 6.45) is 2.56. The monoisotopic (exact) mass is 406 g/mol. The minimum Gasteiger partial charge on any atom is -0.335 e. The van der Waals surface area contributed by atoms with Gasteiger partial charge in [0.1, 0.15) is 12.1 Å². The number of carbonyl (C=O) groups excluding carboxylic acids is 1. The fraction of sp³-hybridized carbons (Fsp3) is 0.318. The molecule has 148 valence electrons. The topological polar surface area (TPSA) is 60.1 Å². The van der Waals surface area contributed by atoms with Crippen molar-refractivity contribution in [2.45, 2.75) is 46.3 Å². The fourth-order valence-corrected chi connectivity index (χ4v) is 5.54. The normalized spacial score (nSPS) is 16.1. The average molecular weight is 407 g/mol. The van der Waals surface area contributed by atoms with Gasteiger partial charge in [-0.05, 0) is 44.9 Å². The maximum atomic E-state index is 13.3. The van der Waals surface area contributed by atoms with Crippen molar-refractivity contribution in [2.24, 2.45) is 0 Å². The molecule has 5 rings (SSSR count). The zero-order valence-electron chi connectivity index (χ0n) is 16.7. The van der Waals surface area contributed by atoms with E-state index in [1.165, 1.54) is 15.1 Å². The van der Waals surface area contributed by atoms with Crippen molar-refractivity contribution >= 4 is 44.1 Å². The Bertz CT molecular complexity index is 1330. The number of amides is 1. The van der Waals surface area contributed by atoms with E-state index >= 15 is 0 Å². The molecule has 1 atom stereocenters. The molecule has 1 aromatic carbocycles. The molecule has 4 heterocycles. The maximum absolute atomic E-state index is 13.3. The number of benzene rings is 1. The van der Waals surface area contributed by atoms with Crippen molar-refractivity contribution in [3.63, 3.8) is 0 Å². The van der Waals surface area contributed by atoms with Gasteiger partial charge in [0.15, 0.2) is 0 Å². The third-order valence-electron chi connectivity index (χ3n) is 5.74. The molecule has 7 heteroatoms. The molecule has 0 N–H and O–H groups in total. The van der Waals surface area contributed by atoms with Gasteiger partial charge >= 0.3 is 0 Å². The number of carbonyl (C=O) groups is 1. The summed E-state index contributed by atoms with van der Waals surface area (Å²) in [4.78, 5) is 29.4. The maximum Gasteiger partial charge on any atom is 0.291 e. The third-order valence-corrected chi connectivity index (χ3v) is 6.81. The predicted molar refractivity (Wildman–Crippen MR) is 117 cm³/mol. The Morgan fingerprint density at radius 3 is 2.90 bits per heavy atom. The molecule has 29 heavy (non-hydrogen) atoms. The van der Waals surface area contributed by atoms with Crippen LogP contribution in [0.25, 0.3) is 21.1 Å². The van der Waals surface area contributed by atoms with E-state index in [0.29, 0.717) is 12.1 Å². The quantitative estimate of drug-likeness (QED) is 0.521. The number of rotatable bonds is 3. The van der Waals surface area contributed by atoms with Crippen LogP contribution in [0.1, 0.15) is 24.3 Å². The predicted octanol–water partition coefficient (Wildman–Crippen LogP) is 3.72. The van der Waals surface area contributed by atoms with Gasteiger partial charge in [0.2, 0.25) is 5.91 Å². The highest BCUT2D eigenvalue weighted by atomic mass is 32.1. The van der Waals surface area contributed by atoms with Gasteiger partial charge in [-0.25, -0.2) is 4.68 Å². The number of hydrogen-bond acceptors (Lipinski definition) is 4. The Morgan fingerprint density at radius 2 is 2.10 bits per heavy atom. The number of thiophene rings is 1. The van der Waals surface area contributed by atoms with Crippen LogP contribution >= 0.6 is 11.3 Å². The molecule has 0 saturated heterocycles. The molecule has 0 bridgehead atoms. The summed E-state index contributed by atoms with van der Waals surface area (Å²) in [7, 11) is 0. The standard InChI is InChI=1S/C22H22N4O2S/c1-4-24-18-10-14(3)29-21(18)16-11-23-25(22(28)20(16)24)12-19(27)26-13(2)9-15-7-5-6-8-17(15)26/h5-8,10-11,13H,4,9,12H2,1-3H3/t13-/m0/s1. The second-order valence-electron chi connectivity index (χ2n) is 7.63. The Kier molecular flexibility index (Phi) is 4.10. The van der Waals surface area contributed by atoms with Crippen LogP contribution in [-0.4, -0.2) is 26.3 Å². The minimum absolute atomic E-state index is 0.0605. The van der Waals surface area contributed by atoms with Crippen LogP contribution in [0.3, 0.4) is 0 Å². The van der Waals surface area contributed by atoms with E-state index in [4.69, 9.17) is 0 Å². The molecule has 0 unspecified atom stereocenters. The summed E-state index contributed by atoms with van der Waals surface area (Å²) in [6, 6.07) is 10.1. The lowest BCUT2D eigenvalue weighted by atomic mass is 10.1. The second-order valence-corrected chi connectivity index (χ2v) is 8.89. The molecule has 1 amide bonds. The molecule has 1 aliphatic rings. The van der Waals surface area contributed by atoms with Crippen molar-refractivity contribution in [3.05, 3.63) is 57.3 Å². The van der Waals surface area contributed by atoms with E-state index in [2.05, 4.69) is 24.2 Å². The number of aryl methyl sites for hydroxylation is 2. The van der Waals surface area contributed by atoms with E-state index in [0.717, 1.165) is 27.7 Å². The van der Waals surface area contributed by atoms with Gasteiger partial charge in [-0.1, -0.05) is 18.2 Å². The van der Waals surface area contributed by atoms with Crippen molar-refractivity contribution < 1.29 is 4.79 Å². The van der Waals surface area contributed by atoms with Crippen molar-refractivity contribution in [2.75, 3.05) is 4.90 Å². The first kappa shape index (κ1) is 18.1. The summed E-state index contributed by atoms with van der Waals surface area (Å²) in [5.41, 5.74) is 3.59. The first-order valence-electron chi connectivity index (χ1n) is 9.88. The van der Waals surface area contributed by atoms with E-state index in [1.54, 1.807) is 22.4 Å². The third kappa shape index (κ3) is 2.64. The lowest BCUT2D eigenvalue weighted by Gasteiger charge is -2.22. The van der Waals surface area contributed by atoms with Crippen LogP contribution < -0.4 is 10.5 Å². The van der Waals surface area contributed by atoms with Gasteiger partial charge in [-0.15, -0.1) is 11.3 Å². The smallest absolute Gasteiger partial charge is 0.291 e. The van der Waals surface area contributed by atoms with Crippen LogP contribution in [0.5, 0.6) is 0 Å². The molecular formula is C22H22N4O2S. The highest BCUT2D eigenvalue weighted by Gasteiger charge is 2.31. The van der Waals surface area contributed by atoms with E-state index in [1.807, 2.05) is 36.6 Å². The van der Waals surface area contributed by atoms with Crippen molar-refractivity contribution in [1.29, 1.82) is 0 Å². The fourth-order valence-electron chi connectivity index (χ4n) is 4.51. The summed E-state index contributed by atoms with van der Waals surface area (Å²) in [5.74, 6) is -0.108. The highest BCUT2D eigenvalue weighted by Crippen LogP contribution is 2.34. The Labute approximate surface area is 172 Å². The summed E-state index contributed by atoms with van der Waals surface area (Å²) < 4.78 is 4.43. The highest BCUT2D eigenvalue weighted by molar-refractivity contribution is 7.20. The Morgan fingerprint density at radius 1 is 1.31 bits per heavy atom. The minimum atomic E-state index is -0.209. The van der Waals surface area contributed by atoms with Crippen LogP contribution in [0.4, 0.5) is 5.69 Å². The van der Waals surface area contributed by atoms with E-state index in [-0.39, 0.29) is 24.1 Å². The summed E-state index contributed by atoms with van der Waals surface area (Å²) in [5, 5.41) is 5.22. The molecular weight excluding hydrogens is 384 g/mol. The number of hydrogen-bond donors (Lipinski definition) is 0. The van der Waals surface area contributed by atoms with Crippen LogP contribution in [0.15, 0.2) is 41.3 Å². The number of para-hydroxylation sites is 1. The number of aromatic nitrogens is 3. The van der Waals surface area contributed by atoms with Gasteiger partial charge in [0, 0.05) is 28.5 Å². The van der Waals surface area contributed by atoms with E-state index < -0.39 is 0 Å².